The van der Waals surface area contributed by atoms with E-state index in [2.05, 4.69) is 187 Å². The van der Waals surface area contributed by atoms with Gasteiger partial charge in [-0.3, -0.25) is 0 Å². The molecule has 0 saturated heterocycles. The lowest BCUT2D eigenvalue weighted by Crippen LogP contribution is -2.30. The van der Waals surface area contributed by atoms with Crippen molar-refractivity contribution in [3.8, 4) is 33.4 Å². The Hall–Kier alpha value is -6.77. The fourth-order valence-electron chi connectivity index (χ4n) is 9.95. The highest BCUT2D eigenvalue weighted by molar-refractivity contribution is 6.00. The Morgan fingerprint density at radius 3 is 1.89 bits per heavy atom. The lowest BCUT2D eigenvalue weighted by atomic mass is 9.67. The second-order valence-corrected chi connectivity index (χ2v) is 15.2. The fourth-order valence-corrected chi connectivity index (χ4v) is 9.95. The third-order valence-electron chi connectivity index (χ3n) is 12.3. The second-order valence-electron chi connectivity index (χ2n) is 15.2. The van der Waals surface area contributed by atoms with Crippen molar-refractivity contribution in [2.75, 3.05) is 4.90 Å². The van der Waals surface area contributed by atoms with Gasteiger partial charge in [0.05, 0.1) is 11.5 Å². The van der Waals surface area contributed by atoms with Crippen LogP contribution in [0.4, 0.5) is 15.8 Å². The molecule has 0 saturated carbocycles. The van der Waals surface area contributed by atoms with Crippen LogP contribution in [0.15, 0.2) is 206 Å². The van der Waals surface area contributed by atoms with Gasteiger partial charge in [-0.25, -0.2) is 4.39 Å². The first-order valence-electron chi connectivity index (χ1n) is 19.6. The van der Waals surface area contributed by atoms with Crippen molar-refractivity contribution in [2.24, 2.45) is 0 Å². The van der Waals surface area contributed by atoms with E-state index in [1.165, 1.54) is 61.2 Å². The molecule has 2 unspecified atom stereocenters. The highest BCUT2D eigenvalue weighted by atomic mass is 19.1. The molecule has 0 aliphatic heterocycles. The predicted molar refractivity (Wildman–Crippen MR) is 230 cm³/mol. The molecule has 0 bridgehead atoms. The maximum absolute atomic E-state index is 15.3. The number of nitrogens with zero attached hydrogens (tertiary/aromatic N) is 1. The Morgan fingerprint density at radius 1 is 0.518 bits per heavy atom. The summed E-state index contributed by atoms with van der Waals surface area (Å²) in [4.78, 5) is 2.47. The number of hydrogen-bond acceptors (Lipinski definition) is 1. The van der Waals surface area contributed by atoms with Crippen LogP contribution in [0, 0.1) is 5.82 Å². The maximum Gasteiger partial charge on any atom is 0.123 e. The Balaban J connectivity index is 1.02. The van der Waals surface area contributed by atoms with Gasteiger partial charge in [0.2, 0.25) is 0 Å². The van der Waals surface area contributed by atoms with Crippen molar-refractivity contribution in [3.63, 3.8) is 0 Å². The van der Waals surface area contributed by atoms with Crippen LogP contribution >= 0.6 is 0 Å². The zero-order chi connectivity index (χ0) is 37.2. The fraction of sp³-hybridized carbons (Fsp3) is 0.0741. The molecule has 7 aromatic rings. The Labute approximate surface area is 327 Å². The van der Waals surface area contributed by atoms with E-state index >= 15 is 4.39 Å². The monoisotopic (exact) mass is 719 g/mol. The van der Waals surface area contributed by atoms with Crippen molar-refractivity contribution in [3.05, 3.63) is 239 Å². The molecular formula is C54H38FN. The number of anilines is 2. The summed E-state index contributed by atoms with van der Waals surface area (Å²) in [7, 11) is 0. The molecule has 4 aliphatic carbocycles. The highest BCUT2D eigenvalue weighted by Crippen LogP contribution is 2.65. The average Bonchev–Trinajstić information content (AvgIpc) is 3.94. The molecule has 0 N–H and O–H groups in total. The van der Waals surface area contributed by atoms with Gasteiger partial charge in [-0.05, 0) is 127 Å². The summed E-state index contributed by atoms with van der Waals surface area (Å²) in [5.74, 6) is -0.194. The van der Waals surface area contributed by atoms with Crippen LogP contribution in [0.25, 0.3) is 44.5 Å². The number of benzene rings is 7. The molecule has 0 aromatic heterocycles. The lowest BCUT2D eigenvalue weighted by molar-refractivity contribution is 0.620. The van der Waals surface area contributed by atoms with Crippen molar-refractivity contribution >= 4 is 22.5 Å². The summed E-state index contributed by atoms with van der Waals surface area (Å²) in [6, 6.07) is 60.3. The van der Waals surface area contributed by atoms with Gasteiger partial charge in [0.15, 0.2) is 0 Å². The van der Waals surface area contributed by atoms with Crippen LogP contribution in [0.5, 0.6) is 0 Å². The number of rotatable bonds is 6. The van der Waals surface area contributed by atoms with Crippen LogP contribution < -0.4 is 4.90 Å². The number of allylic oxidation sites excluding steroid dienone is 6. The molecule has 0 heterocycles. The zero-order valence-corrected chi connectivity index (χ0v) is 30.9. The molecule has 11 rings (SSSR count). The number of fused-ring (bicyclic) bond motifs is 9. The first kappa shape index (κ1) is 32.6. The molecule has 0 fully saturated rings. The minimum atomic E-state index is -0.556. The Morgan fingerprint density at radius 2 is 1.16 bits per heavy atom. The molecule has 0 amide bonds. The molecule has 56 heavy (non-hydrogen) atoms. The summed E-state index contributed by atoms with van der Waals surface area (Å²) >= 11 is 0. The third kappa shape index (κ3) is 4.92. The van der Waals surface area contributed by atoms with Crippen LogP contribution in [0.1, 0.15) is 40.7 Å². The minimum absolute atomic E-state index is 0.139. The Kier molecular flexibility index (Phi) is 7.53. The van der Waals surface area contributed by atoms with E-state index in [1.54, 1.807) is 12.1 Å². The summed E-state index contributed by atoms with van der Waals surface area (Å²) in [6.07, 6.45) is 13.2. The maximum atomic E-state index is 15.3. The molecular weight excluding hydrogens is 682 g/mol. The number of halogens is 1. The SMILES string of the molecule is Fc1ccc2c(c1)C1(C3=C2C=CC3)c2ccccc2-c2cccc(-c3ccc(N(c4ccc(-c5ccccc5)cc4)C4C=CC(c5ccccc5)=CC4)cc3)c21. The highest BCUT2D eigenvalue weighted by Gasteiger charge is 2.54. The largest absolute Gasteiger partial charge is 0.334 e. The lowest BCUT2D eigenvalue weighted by Gasteiger charge is -2.34. The van der Waals surface area contributed by atoms with Gasteiger partial charge in [-0.15, -0.1) is 0 Å². The molecule has 4 aliphatic rings. The topological polar surface area (TPSA) is 3.24 Å². The Bertz CT molecular complexity index is 2790. The van der Waals surface area contributed by atoms with Gasteiger partial charge in [-0.2, -0.15) is 0 Å². The predicted octanol–water partition coefficient (Wildman–Crippen LogP) is 13.8. The van der Waals surface area contributed by atoms with Gasteiger partial charge in [0.1, 0.15) is 5.82 Å². The van der Waals surface area contributed by atoms with Gasteiger partial charge >= 0.3 is 0 Å². The molecule has 0 radical (unpaired) electrons. The van der Waals surface area contributed by atoms with E-state index in [-0.39, 0.29) is 11.9 Å². The standard InChI is InChI=1S/C54H38FN/c55-41-27-34-48-46-17-10-20-51(46)54(52(48)35-41)50-19-8-7-15-47(50)49-18-9-16-45(53(49)54)40-25-32-44(33-26-40)56(42-28-21-38(22-29-42)36-11-3-1-4-12-36)43-30-23-39(24-31-43)37-13-5-2-6-14-37/h1-19,21-30,32-35,43H,20,31H2. The normalized spacial score (nSPS) is 18.4. The van der Waals surface area contributed by atoms with Crippen LogP contribution in [0.3, 0.4) is 0 Å². The summed E-state index contributed by atoms with van der Waals surface area (Å²) in [5, 5.41) is 0. The van der Waals surface area contributed by atoms with Crippen molar-refractivity contribution < 1.29 is 4.39 Å². The first-order chi connectivity index (χ1) is 27.7. The van der Waals surface area contributed by atoms with E-state index in [9.17, 15) is 0 Å². The van der Waals surface area contributed by atoms with Gasteiger partial charge < -0.3 is 4.90 Å². The van der Waals surface area contributed by atoms with E-state index in [0.29, 0.717) is 0 Å². The second kappa shape index (κ2) is 12.9. The zero-order valence-electron chi connectivity index (χ0n) is 30.9. The first-order valence-corrected chi connectivity index (χ1v) is 19.6. The smallest absolute Gasteiger partial charge is 0.123 e. The van der Waals surface area contributed by atoms with Gasteiger partial charge in [0, 0.05) is 11.4 Å². The molecule has 1 spiro atoms. The van der Waals surface area contributed by atoms with Gasteiger partial charge in [0.25, 0.3) is 0 Å². The average molecular weight is 720 g/mol. The molecule has 266 valence electrons. The van der Waals surface area contributed by atoms with Crippen molar-refractivity contribution in [1.82, 2.24) is 0 Å². The van der Waals surface area contributed by atoms with E-state index in [1.807, 2.05) is 6.07 Å². The molecule has 1 nitrogen and oxygen atoms in total. The van der Waals surface area contributed by atoms with Crippen LogP contribution in [-0.2, 0) is 5.41 Å². The summed E-state index contributed by atoms with van der Waals surface area (Å²) < 4.78 is 15.3. The minimum Gasteiger partial charge on any atom is -0.334 e. The van der Waals surface area contributed by atoms with Crippen LogP contribution in [0.2, 0.25) is 0 Å². The van der Waals surface area contributed by atoms with Crippen molar-refractivity contribution in [1.29, 1.82) is 0 Å². The van der Waals surface area contributed by atoms with E-state index in [0.717, 1.165) is 40.9 Å². The molecule has 7 aromatic carbocycles. The third-order valence-corrected chi connectivity index (χ3v) is 12.3. The number of hydrogen-bond donors (Lipinski definition) is 0. The quantitative estimate of drug-likeness (QED) is 0.165. The van der Waals surface area contributed by atoms with E-state index in [4.69, 9.17) is 0 Å². The van der Waals surface area contributed by atoms with E-state index < -0.39 is 5.41 Å². The summed E-state index contributed by atoms with van der Waals surface area (Å²) in [5.41, 5.74) is 18.7. The van der Waals surface area contributed by atoms with Gasteiger partial charge in [-0.1, -0.05) is 164 Å². The van der Waals surface area contributed by atoms with Crippen LogP contribution in [-0.4, -0.2) is 6.04 Å². The summed E-state index contributed by atoms with van der Waals surface area (Å²) in [6.45, 7) is 0. The molecule has 2 atom stereocenters. The van der Waals surface area contributed by atoms with Crippen molar-refractivity contribution in [2.45, 2.75) is 24.3 Å². The molecule has 2 heteroatoms.